The van der Waals surface area contributed by atoms with E-state index in [0.717, 1.165) is 17.8 Å². The van der Waals surface area contributed by atoms with Crippen molar-refractivity contribution in [3.05, 3.63) is 78.0 Å². The predicted molar refractivity (Wildman–Crippen MR) is 112 cm³/mol. The summed E-state index contributed by atoms with van der Waals surface area (Å²) in [6.07, 6.45) is -1.74. The van der Waals surface area contributed by atoms with Gasteiger partial charge >= 0.3 is 6.18 Å². The Bertz CT molecular complexity index is 1090. The Morgan fingerprint density at radius 3 is 2.22 bits per heavy atom. The number of rotatable bonds is 4. The van der Waals surface area contributed by atoms with Crippen LogP contribution in [0.5, 0.6) is 0 Å². The fraction of sp³-hybridized carbons (Fsp3) is 0.261. The number of carbonyl (C=O) groups is 2. The van der Waals surface area contributed by atoms with Gasteiger partial charge in [-0.3, -0.25) is 9.59 Å². The van der Waals surface area contributed by atoms with Crippen LogP contribution in [-0.4, -0.2) is 39.6 Å². The summed E-state index contributed by atoms with van der Waals surface area (Å²) in [6, 6.07) is 15.4. The number of nitrogens with zero attached hydrogens (tertiary/aromatic N) is 3. The van der Waals surface area contributed by atoms with Gasteiger partial charge in [-0.1, -0.05) is 18.2 Å². The number of benzene rings is 2. The Kier molecular flexibility index (Phi) is 5.98. The van der Waals surface area contributed by atoms with Crippen molar-refractivity contribution in [2.45, 2.75) is 19.0 Å². The highest BCUT2D eigenvalue weighted by Gasteiger charge is 2.31. The van der Waals surface area contributed by atoms with E-state index in [1.54, 1.807) is 21.8 Å². The maximum Gasteiger partial charge on any atom is 0.416 e. The first-order chi connectivity index (χ1) is 15.3. The van der Waals surface area contributed by atoms with Crippen LogP contribution in [0, 0.1) is 5.92 Å². The maximum absolute atomic E-state index is 12.7. The van der Waals surface area contributed by atoms with Crippen molar-refractivity contribution in [1.29, 1.82) is 0 Å². The molecule has 2 aromatic carbocycles. The van der Waals surface area contributed by atoms with Gasteiger partial charge in [0.2, 0.25) is 5.91 Å². The number of hydrogen-bond acceptors (Lipinski definition) is 3. The first-order valence-corrected chi connectivity index (χ1v) is 10.2. The minimum atomic E-state index is -4.44. The van der Waals surface area contributed by atoms with Crippen molar-refractivity contribution in [3.8, 4) is 5.69 Å². The number of para-hydroxylation sites is 1. The van der Waals surface area contributed by atoms with Crippen molar-refractivity contribution >= 4 is 17.6 Å². The molecule has 1 aliphatic rings. The molecule has 0 aliphatic carbocycles. The van der Waals surface area contributed by atoms with Crippen LogP contribution >= 0.6 is 0 Å². The van der Waals surface area contributed by atoms with E-state index in [0.29, 0.717) is 31.7 Å². The highest BCUT2D eigenvalue weighted by Crippen LogP contribution is 2.29. The topological polar surface area (TPSA) is 67.2 Å². The third-order valence-electron chi connectivity index (χ3n) is 5.47. The van der Waals surface area contributed by atoms with Crippen LogP contribution in [0.2, 0.25) is 0 Å². The van der Waals surface area contributed by atoms with Crippen molar-refractivity contribution in [2.24, 2.45) is 5.92 Å². The molecule has 2 amide bonds. The van der Waals surface area contributed by atoms with E-state index in [9.17, 15) is 22.8 Å². The predicted octanol–water partition coefficient (Wildman–Crippen LogP) is 4.38. The smallest absolute Gasteiger partial charge is 0.339 e. The van der Waals surface area contributed by atoms with Gasteiger partial charge in [-0.05, 0) is 49.2 Å². The molecule has 1 N–H and O–H groups in total. The van der Waals surface area contributed by atoms with Gasteiger partial charge in [-0.2, -0.15) is 18.3 Å². The molecule has 0 atom stereocenters. The van der Waals surface area contributed by atoms with E-state index in [1.165, 1.54) is 12.1 Å². The molecule has 4 rings (SSSR count). The van der Waals surface area contributed by atoms with Crippen LogP contribution in [0.1, 0.15) is 28.8 Å². The summed E-state index contributed by atoms with van der Waals surface area (Å²) in [5, 5.41) is 7.18. The average Bonchev–Trinajstić information content (AvgIpc) is 3.27. The first kappa shape index (κ1) is 21.6. The minimum absolute atomic E-state index is 0.162. The molecule has 1 aliphatic heterocycles. The number of nitrogens with one attached hydrogen (secondary N) is 1. The standard InChI is InChI=1S/C23H21F3N4O2/c24-23(25,26)18-8-6-17(7-9-18)22(32)29-13-10-16(11-14-29)21(31)27-20-12-15-30(28-20)19-4-2-1-3-5-19/h1-9,12,15-16H,10-11,13-14H2,(H,27,28,31). The summed E-state index contributed by atoms with van der Waals surface area (Å²) in [5.41, 5.74) is 0.287. The third-order valence-corrected chi connectivity index (χ3v) is 5.47. The molecule has 1 aromatic heterocycles. The van der Waals surface area contributed by atoms with Crippen LogP contribution in [0.3, 0.4) is 0 Å². The number of alkyl halides is 3. The van der Waals surface area contributed by atoms with Gasteiger partial charge in [0, 0.05) is 36.8 Å². The second-order valence-electron chi connectivity index (χ2n) is 7.61. The number of piperidine rings is 1. The molecule has 0 bridgehead atoms. The normalized spacial score (nSPS) is 14.9. The Morgan fingerprint density at radius 1 is 0.938 bits per heavy atom. The molecule has 6 nitrogen and oxygen atoms in total. The lowest BCUT2D eigenvalue weighted by atomic mass is 9.95. The molecule has 1 saturated heterocycles. The lowest BCUT2D eigenvalue weighted by Crippen LogP contribution is -2.41. The maximum atomic E-state index is 12.7. The number of halogens is 3. The molecule has 0 radical (unpaired) electrons. The van der Waals surface area contributed by atoms with E-state index >= 15 is 0 Å². The number of hydrogen-bond donors (Lipinski definition) is 1. The van der Waals surface area contributed by atoms with Crippen molar-refractivity contribution in [1.82, 2.24) is 14.7 Å². The molecule has 32 heavy (non-hydrogen) atoms. The zero-order chi connectivity index (χ0) is 22.7. The van der Waals surface area contributed by atoms with Gasteiger partial charge < -0.3 is 10.2 Å². The Morgan fingerprint density at radius 2 is 1.59 bits per heavy atom. The Labute approximate surface area is 182 Å². The molecule has 1 fully saturated rings. The fourth-order valence-corrected chi connectivity index (χ4v) is 3.67. The molecule has 166 valence electrons. The van der Waals surface area contributed by atoms with Crippen LogP contribution in [-0.2, 0) is 11.0 Å². The van der Waals surface area contributed by atoms with Crippen LogP contribution in [0.25, 0.3) is 5.69 Å². The van der Waals surface area contributed by atoms with Gasteiger partial charge in [-0.25, -0.2) is 4.68 Å². The van der Waals surface area contributed by atoms with Crippen LogP contribution in [0.15, 0.2) is 66.9 Å². The summed E-state index contributed by atoms with van der Waals surface area (Å²) in [4.78, 5) is 26.8. The summed E-state index contributed by atoms with van der Waals surface area (Å²) in [7, 11) is 0. The van der Waals surface area contributed by atoms with E-state index in [2.05, 4.69) is 10.4 Å². The van der Waals surface area contributed by atoms with Crippen LogP contribution < -0.4 is 5.32 Å². The van der Waals surface area contributed by atoms with Crippen molar-refractivity contribution < 1.29 is 22.8 Å². The van der Waals surface area contributed by atoms with Gasteiger partial charge in [0.15, 0.2) is 5.82 Å². The van der Waals surface area contributed by atoms with E-state index in [4.69, 9.17) is 0 Å². The number of anilines is 1. The third kappa shape index (κ3) is 4.82. The van der Waals surface area contributed by atoms with Gasteiger partial charge in [0.1, 0.15) is 0 Å². The van der Waals surface area contributed by atoms with Gasteiger partial charge in [0.05, 0.1) is 11.3 Å². The van der Waals surface area contributed by atoms with Crippen molar-refractivity contribution in [3.63, 3.8) is 0 Å². The number of aromatic nitrogens is 2. The molecular formula is C23H21F3N4O2. The fourth-order valence-electron chi connectivity index (χ4n) is 3.67. The Balaban J connectivity index is 1.31. The molecule has 2 heterocycles. The Hall–Kier alpha value is -3.62. The summed E-state index contributed by atoms with van der Waals surface area (Å²) in [6.45, 7) is 0.715. The summed E-state index contributed by atoms with van der Waals surface area (Å²) in [5.74, 6) is -0.320. The molecule has 0 unspecified atom stereocenters. The lowest BCUT2D eigenvalue weighted by Gasteiger charge is -2.31. The quantitative estimate of drug-likeness (QED) is 0.652. The molecule has 0 spiro atoms. The van der Waals surface area contributed by atoms with Gasteiger partial charge in [-0.15, -0.1) is 0 Å². The molecule has 3 aromatic rings. The number of amides is 2. The first-order valence-electron chi connectivity index (χ1n) is 10.2. The minimum Gasteiger partial charge on any atom is -0.339 e. The lowest BCUT2D eigenvalue weighted by molar-refractivity contribution is -0.137. The van der Waals surface area contributed by atoms with E-state index in [1.807, 2.05) is 30.3 Å². The number of carbonyl (C=O) groups excluding carboxylic acids is 2. The second-order valence-corrected chi connectivity index (χ2v) is 7.61. The van der Waals surface area contributed by atoms with E-state index < -0.39 is 11.7 Å². The number of likely N-dealkylation sites (tertiary alicyclic amines) is 1. The average molecular weight is 442 g/mol. The van der Waals surface area contributed by atoms with E-state index in [-0.39, 0.29) is 23.3 Å². The zero-order valence-electron chi connectivity index (χ0n) is 17.0. The SMILES string of the molecule is O=C(Nc1ccn(-c2ccccc2)n1)C1CCN(C(=O)c2ccc(C(F)(F)F)cc2)CC1. The van der Waals surface area contributed by atoms with Gasteiger partial charge in [0.25, 0.3) is 5.91 Å². The molecule has 0 saturated carbocycles. The highest BCUT2D eigenvalue weighted by molar-refractivity contribution is 5.95. The summed E-state index contributed by atoms with van der Waals surface area (Å²) < 4.78 is 39.8. The molecule has 9 heteroatoms. The monoisotopic (exact) mass is 442 g/mol. The largest absolute Gasteiger partial charge is 0.416 e. The van der Waals surface area contributed by atoms with Crippen molar-refractivity contribution in [2.75, 3.05) is 18.4 Å². The van der Waals surface area contributed by atoms with Crippen LogP contribution in [0.4, 0.5) is 19.0 Å². The zero-order valence-corrected chi connectivity index (χ0v) is 17.0. The molecular weight excluding hydrogens is 421 g/mol. The summed E-state index contributed by atoms with van der Waals surface area (Å²) >= 11 is 0. The highest BCUT2D eigenvalue weighted by atomic mass is 19.4. The second kappa shape index (κ2) is 8.86.